The van der Waals surface area contributed by atoms with Crippen LogP contribution in [0.15, 0.2) is 18.2 Å². The summed E-state index contributed by atoms with van der Waals surface area (Å²) in [5, 5.41) is 11.5. The summed E-state index contributed by atoms with van der Waals surface area (Å²) in [5.74, 6) is -1.94. The van der Waals surface area contributed by atoms with E-state index in [0.29, 0.717) is 38.0 Å². The van der Waals surface area contributed by atoms with Gasteiger partial charge in [0.15, 0.2) is 0 Å². The van der Waals surface area contributed by atoms with Crippen LogP contribution >= 0.6 is 0 Å². The number of amides is 3. The molecule has 0 aromatic heterocycles. The zero-order valence-corrected chi connectivity index (χ0v) is 16.6. The first kappa shape index (κ1) is 19.4. The number of fused-ring (bicyclic) bond motifs is 1. The molecule has 3 aliphatic rings. The summed E-state index contributed by atoms with van der Waals surface area (Å²) in [6.45, 7) is 5.00. The molecule has 3 amide bonds. The molecule has 0 saturated carbocycles. The van der Waals surface area contributed by atoms with Gasteiger partial charge in [0.1, 0.15) is 6.04 Å². The second-order valence-electron chi connectivity index (χ2n) is 8.57. The summed E-state index contributed by atoms with van der Waals surface area (Å²) in [4.78, 5) is 51.9. The highest BCUT2D eigenvalue weighted by Gasteiger charge is 2.49. The first-order valence-electron chi connectivity index (χ1n) is 10.00. The minimum atomic E-state index is -0.785. The maximum Gasteiger partial charge on any atom is 0.306 e. The molecule has 2 saturated heterocycles. The van der Waals surface area contributed by atoms with Gasteiger partial charge in [-0.2, -0.15) is 0 Å². The molecule has 2 N–H and O–H groups in total. The minimum Gasteiger partial charge on any atom is -0.481 e. The van der Waals surface area contributed by atoms with Gasteiger partial charge in [0.25, 0.3) is 0 Å². The van der Waals surface area contributed by atoms with Crippen LogP contribution in [0.5, 0.6) is 0 Å². The highest BCUT2D eigenvalue weighted by Crippen LogP contribution is 2.45. The number of benzene rings is 1. The second-order valence-corrected chi connectivity index (χ2v) is 8.57. The van der Waals surface area contributed by atoms with Crippen LogP contribution in [0, 0.1) is 5.92 Å². The van der Waals surface area contributed by atoms with Crippen molar-refractivity contribution in [1.29, 1.82) is 0 Å². The van der Waals surface area contributed by atoms with Crippen molar-refractivity contribution in [3.63, 3.8) is 0 Å². The fraction of sp³-hybridized carbons (Fsp3) is 0.524. The van der Waals surface area contributed by atoms with Crippen molar-refractivity contribution in [3.8, 4) is 0 Å². The summed E-state index contributed by atoms with van der Waals surface area (Å²) in [6.07, 6.45) is 1.72. The lowest BCUT2D eigenvalue weighted by Gasteiger charge is -2.33. The number of carbonyl (C=O) groups excluding carboxylic acids is 3. The van der Waals surface area contributed by atoms with E-state index < -0.39 is 23.3 Å². The van der Waals surface area contributed by atoms with Crippen LogP contribution in [0.2, 0.25) is 0 Å². The topological polar surface area (TPSA) is 107 Å². The fourth-order valence-electron chi connectivity index (χ4n) is 4.58. The normalized spacial score (nSPS) is 24.5. The quantitative estimate of drug-likeness (QED) is 0.745. The van der Waals surface area contributed by atoms with E-state index >= 15 is 0 Å². The number of aliphatic carboxylic acids is 1. The van der Waals surface area contributed by atoms with Crippen LogP contribution in [0.4, 0.5) is 11.4 Å². The van der Waals surface area contributed by atoms with Gasteiger partial charge in [-0.25, -0.2) is 0 Å². The predicted molar refractivity (Wildman–Crippen MR) is 106 cm³/mol. The van der Waals surface area contributed by atoms with E-state index in [0.717, 1.165) is 11.3 Å². The number of anilines is 2. The summed E-state index contributed by atoms with van der Waals surface area (Å²) >= 11 is 0. The lowest BCUT2D eigenvalue weighted by atomic mass is 9.85. The van der Waals surface area contributed by atoms with Crippen LogP contribution in [0.25, 0.3) is 0 Å². The molecule has 0 radical (unpaired) electrons. The van der Waals surface area contributed by atoms with Crippen molar-refractivity contribution >= 4 is 35.1 Å². The van der Waals surface area contributed by atoms with Crippen LogP contribution < -0.4 is 15.1 Å². The summed E-state index contributed by atoms with van der Waals surface area (Å²) in [5.41, 5.74) is 1.73. The summed E-state index contributed by atoms with van der Waals surface area (Å²) in [7, 11) is 0. The first-order valence-corrected chi connectivity index (χ1v) is 10.00. The molecule has 1 unspecified atom stereocenters. The van der Waals surface area contributed by atoms with E-state index in [1.165, 1.54) is 4.90 Å². The number of hydrogen-bond donors (Lipinski definition) is 2. The molecule has 154 valence electrons. The summed E-state index contributed by atoms with van der Waals surface area (Å²) < 4.78 is 0. The molecule has 4 rings (SSSR count). The number of rotatable bonds is 3. The maximum absolute atomic E-state index is 13.2. The van der Waals surface area contributed by atoms with Crippen molar-refractivity contribution in [3.05, 3.63) is 23.8 Å². The van der Waals surface area contributed by atoms with Gasteiger partial charge in [-0.05, 0) is 56.9 Å². The zero-order chi connectivity index (χ0) is 20.9. The van der Waals surface area contributed by atoms with E-state index in [1.54, 1.807) is 0 Å². The first-order chi connectivity index (χ1) is 13.7. The molecule has 0 aliphatic carbocycles. The highest BCUT2D eigenvalue weighted by atomic mass is 16.4. The van der Waals surface area contributed by atoms with E-state index in [2.05, 4.69) is 10.2 Å². The zero-order valence-electron chi connectivity index (χ0n) is 16.6. The van der Waals surface area contributed by atoms with Crippen molar-refractivity contribution in [2.75, 3.05) is 22.9 Å². The van der Waals surface area contributed by atoms with Gasteiger partial charge in [-0.15, -0.1) is 0 Å². The van der Waals surface area contributed by atoms with E-state index in [4.69, 9.17) is 0 Å². The molecule has 8 heteroatoms. The Balaban J connectivity index is 1.63. The molecular formula is C21H25N3O5. The molecule has 29 heavy (non-hydrogen) atoms. The molecule has 3 aliphatic heterocycles. The van der Waals surface area contributed by atoms with E-state index in [1.807, 2.05) is 32.0 Å². The van der Waals surface area contributed by atoms with Crippen molar-refractivity contribution < 1.29 is 24.3 Å². The number of carboxylic acids is 1. The van der Waals surface area contributed by atoms with Crippen LogP contribution in [0.3, 0.4) is 0 Å². The molecule has 1 atom stereocenters. The SMILES string of the molecule is CC1(C)C(=O)N(C2CCC(=O)NC2=O)c2ccc(N3CCC(C(=O)O)CC3)cc21. The minimum absolute atomic E-state index is 0.149. The number of nitrogens with one attached hydrogen (secondary N) is 1. The van der Waals surface area contributed by atoms with Gasteiger partial charge < -0.3 is 10.0 Å². The van der Waals surface area contributed by atoms with E-state index in [9.17, 15) is 24.3 Å². The average molecular weight is 399 g/mol. The van der Waals surface area contributed by atoms with Crippen LogP contribution in [0.1, 0.15) is 45.1 Å². The van der Waals surface area contributed by atoms with Crippen LogP contribution in [-0.2, 0) is 24.6 Å². The van der Waals surface area contributed by atoms with Crippen molar-refractivity contribution in [1.82, 2.24) is 5.32 Å². The molecular weight excluding hydrogens is 374 g/mol. The van der Waals surface area contributed by atoms with Gasteiger partial charge in [0, 0.05) is 30.9 Å². The Morgan fingerprint density at radius 1 is 1.14 bits per heavy atom. The average Bonchev–Trinajstić information content (AvgIpc) is 2.88. The number of carboxylic acid groups (broad SMARTS) is 1. The Morgan fingerprint density at radius 2 is 1.83 bits per heavy atom. The lowest BCUT2D eigenvalue weighted by Crippen LogP contribution is -2.55. The maximum atomic E-state index is 13.2. The van der Waals surface area contributed by atoms with Crippen molar-refractivity contribution in [2.45, 2.75) is 51.0 Å². The largest absolute Gasteiger partial charge is 0.481 e. The number of imide groups is 1. The molecule has 0 spiro atoms. The fourth-order valence-corrected chi connectivity index (χ4v) is 4.58. The monoisotopic (exact) mass is 399 g/mol. The lowest BCUT2D eigenvalue weighted by molar-refractivity contribution is -0.142. The third-order valence-corrected chi connectivity index (χ3v) is 6.40. The third kappa shape index (κ3) is 3.16. The Hall–Kier alpha value is -2.90. The Morgan fingerprint density at radius 3 is 2.45 bits per heavy atom. The molecule has 2 fully saturated rings. The number of hydrogen-bond acceptors (Lipinski definition) is 5. The Kier molecular flexibility index (Phi) is 4.59. The van der Waals surface area contributed by atoms with E-state index in [-0.39, 0.29) is 24.2 Å². The molecule has 8 nitrogen and oxygen atoms in total. The molecule has 0 bridgehead atoms. The Labute approximate surface area is 168 Å². The predicted octanol–water partition coefficient (Wildman–Crippen LogP) is 1.42. The Bertz CT molecular complexity index is 902. The van der Waals surface area contributed by atoms with Gasteiger partial charge in [-0.1, -0.05) is 0 Å². The third-order valence-electron chi connectivity index (χ3n) is 6.40. The van der Waals surface area contributed by atoms with Gasteiger partial charge in [-0.3, -0.25) is 29.4 Å². The van der Waals surface area contributed by atoms with Crippen LogP contribution in [-0.4, -0.2) is 47.9 Å². The van der Waals surface area contributed by atoms with Crippen molar-refractivity contribution in [2.24, 2.45) is 5.92 Å². The summed E-state index contributed by atoms with van der Waals surface area (Å²) in [6, 6.07) is 5.09. The van der Waals surface area contributed by atoms with Gasteiger partial charge in [0.05, 0.1) is 11.3 Å². The smallest absolute Gasteiger partial charge is 0.306 e. The van der Waals surface area contributed by atoms with Gasteiger partial charge in [0.2, 0.25) is 17.7 Å². The van der Waals surface area contributed by atoms with Gasteiger partial charge >= 0.3 is 5.97 Å². The molecule has 3 heterocycles. The standard InChI is InChI=1S/C21H25N3O5/c1-21(2)14-11-13(23-9-7-12(8-10-23)19(27)28)3-4-15(14)24(20(21)29)16-5-6-17(25)22-18(16)26/h3-4,11-12,16H,5-10H2,1-2H3,(H,27,28)(H,22,25,26). The molecule has 1 aromatic rings. The molecule has 1 aromatic carbocycles. The highest BCUT2D eigenvalue weighted by molar-refractivity contribution is 6.13. The second kappa shape index (κ2) is 6.86. The number of carbonyl (C=O) groups is 4. The number of piperidine rings is 2. The number of nitrogens with zero attached hydrogens (tertiary/aromatic N) is 2.